The number of allylic oxidation sites excluding steroid dienone is 2. The SMILES string of the molecule is C/C=C/CCCCCCCCCCCCCCCC(=O)OCCS. The number of rotatable bonds is 18. The van der Waals surface area contributed by atoms with Gasteiger partial charge in [0.05, 0.1) is 0 Å². The maximum Gasteiger partial charge on any atom is 0.305 e. The third kappa shape index (κ3) is 19.6. The summed E-state index contributed by atoms with van der Waals surface area (Å²) < 4.78 is 5.00. The highest BCUT2D eigenvalue weighted by molar-refractivity contribution is 7.80. The molecule has 0 saturated carbocycles. The molecule has 0 amide bonds. The van der Waals surface area contributed by atoms with Crippen LogP contribution in [0.2, 0.25) is 0 Å². The third-order valence-corrected chi connectivity index (χ3v) is 4.52. The Hall–Kier alpha value is -0.440. The van der Waals surface area contributed by atoms with Gasteiger partial charge in [-0.2, -0.15) is 12.6 Å². The van der Waals surface area contributed by atoms with E-state index in [9.17, 15) is 4.79 Å². The van der Waals surface area contributed by atoms with Gasteiger partial charge in [-0.3, -0.25) is 4.79 Å². The summed E-state index contributed by atoms with van der Waals surface area (Å²) in [6.45, 7) is 2.54. The van der Waals surface area contributed by atoms with E-state index in [0.717, 1.165) is 12.8 Å². The molecule has 0 rings (SSSR count). The van der Waals surface area contributed by atoms with Crippen molar-refractivity contribution >= 4 is 18.6 Å². The van der Waals surface area contributed by atoms with Crippen LogP contribution < -0.4 is 0 Å². The zero-order chi connectivity index (χ0) is 17.7. The molecule has 0 radical (unpaired) electrons. The van der Waals surface area contributed by atoms with Crippen LogP contribution in [0.4, 0.5) is 0 Å². The van der Waals surface area contributed by atoms with Gasteiger partial charge in [-0.25, -0.2) is 0 Å². The van der Waals surface area contributed by atoms with E-state index < -0.39 is 0 Å². The van der Waals surface area contributed by atoms with E-state index in [2.05, 4.69) is 31.7 Å². The van der Waals surface area contributed by atoms with Gasteiger partial charge in [-0.15, -0.1) is 0 Å². The molecule has 0 N–H and O–H groups in total. The Balaban J connectivity index is 3.06. The lowest BCUT2D eigenvalue weighted by Crippen LogP contribution is -2.06. The van der Waals surface area contributed by atoms with Gasteiger partial charge in [0.15, 0.2) is 0 Å². The molecule has 142 valence electrons. The standard InChI is InChI=1S/C21H40O2S/c1-2-3-4-5-6-7-8-9-10-11-12-13-14-15-16-17-18-21(22)23-19-20-24/h2-3,24H,4-20H2,1H3/b3-2+. The highest BCUT2D eigenvalue weighted by Gasteiger charge is 2.01. The average Bonchev–Trinajstić information content (AvgIpc) is 2.59. The second-order valence-corrected chi connectivity index (χ2v) is 7.10. The summed E-state index contributed by atoms with van der Waals surface area (Å²) in [7, 11) is 0. The summed E-state index contributed by atoms with van der Waals surface area (Å²) in [6, 6.07) is 0. The molecular weight excluding hydrogens is 316 g/mol. The van der Waals surface area contributed by atoms with E-state index in [1.165, 1.54) is 77.0 Å². The van der Waals surface area contributed by atoms with E-state index in [-0.39, 0.29) is 5.97 Å². The van der Waals surface area contributed by atoms with Gasteiger partial charge in [-0.05, 0) is 26.2 Å². The number of thiol groups is 1. The van der Waals surface area contributed by atoms with Crippen molar-refractivity contribution in [3.05, 3.63) is 12.2 Å². The molecule has 0 atom stereocenters. The van der Waals surface area contributed by atoms with E-state index in [4.69, 9.17) is 4.74 Å². The first-order valence-corrected chi connectivity index (χ1v) is 10.8. The number of hydrogen-bond acceptors (Lipinski definition) is 3. The van der Waals surface area contributed by atoms with Crippen LogP contribution >= 0.6 is 12.6 Å². The van der Waals surface area contributed by atoms with Gasteiger partial charge in [-0.1, -0.05) is 82.8 Å². The topological polar surface area (TPSA) is 26.3 Å². The van der Waals surface area contributed by atoms with E-state index >= 15 is 0 Å². The van der Waals surface area contributed by atoms with Crippen LogP contribution in [0.25, 0.3) is 0 Å². The minimum Gasteiger partial charge on any atom is -0.465 e. The van der Waals surface area contributed by atoms with Gasteiger partial charge in [0.2, 0.25) is 0 Å². The maximum atomic E-state index is 11.3. The first-order chi connectivity index (χ1) is 11.8. The van der Waals surface area contributed by atoms with Crippen LogP contribution in [0.1, 0.15) is 103 Å². The summed E-state index contributed by atoms with van der Waals surface area (Å²) in [5, 5.41) is 0. The highest BCUT2D eigenvalue weighted by atomic mass is 32.1. The minimum atomic E-state index is -0.0640. The molecule has 0 aliphatic carbocycles. The molecule has 0 aliphatic heterocycles. The van der Waals surface area contributed by atoms with Crippen molar-refractivity contribution in [3.8, 4) is 0 Å². The number of esters is 1. The zero-order valence-electron chi connectivity index (χ0n) is 15.9. The van der Waals surface area contributed by atoms with Crippen LogP contribution in [-0.4, -0.2) is 18.3 Å². The molecule has 0 aromatic heterocycles. The Labute approximate surface area is 156 Å². The predicted octanol–water partition coefficient (Wildman–Crippen LogP) is 6.89. The largest absolute Gasteiger partial charge is 0.465 e. The molecule has 0 unspecified atom stereocenters. The highest BCUT2D eigenvalue weighted by Crippen LogP contribution is 2.13. The van der Waals surface area contributed by atoms with Gasteiger partial charge < -0.3 is 4.74 Å². The second-order valence-electron chi connectivity index (χ2n) is 6.65. The zero-order valence-corrected chi connectivity index (χ0v) is 16.8. The number of unbranched alkanes of at least 4 members (excludes halogenated alkanes) is 13. The van der Waals surface area contributed by atoms with Crippen molar-refractivity contribution in [1.82, 2.24) is 0 Å². The van der Waals surface area contributed by atoms with Crippen molar-refractivity contribution in [1.29, 1.82) is 0 Å². The van der Waals surface area contributed by atoms with Crippen molar-refractivity contribution in [3.63, 3.8) is 0 Å². The average molecular weight is 357 g/mol. The van der Waals surface area contributed by atoms with Crippen LogP contribution in [0.5, 0.6) is 0 Å². The lowest BCUT2D eigenvalue weighted by Gasteiger charge is -2.04. The number of hydrogen-bond donors (Lipinski definition) is 1. The molecule has 24 heavy (non-hydrogen) atoms. The van der Waals surface area contributed by atoms with Crippen LogP contribution in [0.15, 0.2) is 12.2 Å². The van der Waals surface area contributed by atoms with Crippen molar-refractivity contribution in [2.75, 3.05) is 12.4 Å². The molecule has 0 saturated heterocycles. The summed E-state index contributed by atoms with van der Waals surface area (Å²) >= 11 is 4.02. The molecule has 0 aliphatic rings. The first kappa shape index (κ1) is 23.6. The number of carbonyl (C=O) groups excluding carboxylic acids is 1. The maximum absolute atomic E-state index is 11.3. The van der Waals surface area contributed by atoms with E-state index in [1.807, 2.05) is 0 Å². The number of carbonyl (C=O) groups is 1. The van der Waals surface area contributed by atoms with Crippen molar-refractivity contribution in [2.24, 2.45) is 0 Å². The summed E-state index contributed by atoms with van der Waals surface area (Å²) in [5.74, 6) is 0.549. The second kappa shape index (κ2) is 20.6. The fraction of sp³-hybridized carbons (Fsp3) is 0.857. The van der Waals surface area contributed by atoms with Gasteiger partial charge in [0.1, 0.15) is 6.61 Å². The van der Waals surface area contributed by atoms with Gasteiger partial charge in [0, 0.05) is 12.2 Å². The summed E-state index contributed by atoms with van der Waals surface area (Å²) in [5.41, 5.74) is 0. The molecule has 0 bridgehead atoms. The monoisotopic (exact) mass is 356 g/mol. The van der Waals surface area contributed by atoms with E-state index in [1.54, 1.807) is 0 Å². The quantitative estimate of drug-likeness (QED) is 0.125. The van der Waals surface area contributed by atoms with Gasteiger partial charge in [0.25, 0.3) is 0 Å². The summed E-state index contributed by atoms with van der Waals surface area (Å²) in [4.78, 5) is 11.3. The van der Waals surface area contributed by atoms with E-state index in [0.29, 0.717) is 18.8 Å². The van der Waals surface area contributed by atoms with Crippen molar-refractivity contribution < 1.29 is 9.53 Å². The Morgan fingerprint density at radius 2 is 1.25 bits per heavy atom. The Bertz CT molecular complexity index is 290. The fourth-order valence-corrected chi connectivity index (χ4v) is 2.97. The molecule has 0 heterocycles. The third-order valence-electron chi connectivity index (χ3n) is 4.34. The smallest absolute Gasteiger partial charge is 0.305 e. The molecular formula is C21H40O2S. The molecule has 0 aromatic carbocycles. The Morgan fingerprint density at radius 3 is 1.71 bits per heavy atom. The van der Waals surface area contributed by atoms with Crippen LogP contribution in [0.3, 0.4) is 0 Å². The lowest BCUT2D eigenvalue weighted by atomic mass is 10.0. The van der Waals surface area contributed by atoms with Gasteiger partial charge >= 0.3 is 5.97 Å². The Morgan fingerprint density at radius 1 is 0.792 bits per heavy atom. The normalized spacial score (nSPS) is 11.2. The molecule has 2 nitrogen and oxygen atoms in total. The minimum absolute atomic E-state index is 0.0640. The molecule has 0 aromatic rings. The number of ether oxygens (including phenoxy) is 1. The first-order valence-electron chi connectivity index (χ1n) is 10.2. The fourth-order valence-electron chi connectivity index (χ4n) is 2.87. The van der Waals surface area contributed by atoms with Crippen LogP contribution in [0, 0.1) is 0 Å². The molecule has 0 fully saturated rings. The summed E-state index contributed by atoms with van der Waals surface area (Å²) in [6.07, 6.45) is 23.5. The lowest BCUT2D eigenvalue weighted by molar-refractivity contribution is -0.143. The predicted molar refractivity (Wildman–Crippen MR) is 109 cm³/mol. The van der Waals surface area contributed by atoms with Crippen LogP contribution in [-0.2, 0) is 9.53 Å². The van der Waals surface area contributed by atoms with Crippen molar-refractivity contribution in [2.45, 2.75) is 103 Å². The Kier molecular flexibility index (Phi) is 20.2. The molecule has 3 heteroatoms. The molecule has 0 spiro atoms.